The molecule has 0 fully saturated rings. The minimum atomic E-state index is -0.425. The summed E-state index contributed by atoms with van der Waals surface area (Å²) in [5.74, 6) is -0.0510. The lowest BCUT2D eigenvalue weighted by Crippen LogP contribution is -2.29. The molecule has 2 N–H and O–H groups in total. The Morgan fingerprint density at radius 2 is 1.96 bits per heavy atom. The number of carbonyl (C=O) groups excluding carboxylic acids is 1. The molecule has 1 aromatic heterocycles. The first-order chi connectivity index (χ1) is 11.6. The Kier molecular flexibility index (Phi) is 4.48. The number of benzene rings is 2. The van der Waals surface area contributed by atoms with Crippen LogP contribution < -0.4 is 20.3 Å². The van der Waals surface area contributed by atoms with Crippen molar-refractivity contribution in [3.8, 4) is 11.5 Å². The molecule has 0 radical (unpaired) electrons. The number of thiazole rings is 1. The number of rotatable bonds is 5. The maximum Gasteiger partial charge on any atom is 0.273 e. The number of nitrogens with one attached hydrogen (secondary N) is 2. The molecule has 8 heteroatoms. The zero-order valence-electron chi connectivity index (χ0n) is 12.9. The summed E-state index contributed by atoms with van der Waals surface area (Å²) in [5, 5.41) is 0.380. The Labute approximate surface area is 141 Å². The van der Waals surface area contributed by atoms with Gasteiger partial charge in [-0.3, -0.25) is 15.6 Å². The molecule has 0 aliphatic heterocycles. The summed E-state index contributed by atoms with van der Waals surface area (Å²) in [4.78, 5) is 16.5. The van der Waals surface area contributed by atoms with Crippen LogP contribution in [0.3, 0.4) is 0 Å². The smallest absolute Gasteiger partial charge is 0.273 e. The number of hydrazine groups is 1. The fourth-order valence-electron chi connectivity index (χ4n) is 2.21. The fourth-order valence-corrected chi connectivity index (χ4v) is 3.05. The molecular formula is C16H14FN3O3S. The second-order valence-electron chi connectivity index (χ2n) is 4.73. The predicted octanol–water partition coefficient (Wildman–Crippen LogP) is 3.21. The number of methoxy groups -OCH3 is 2. The summed E-state index contributed by atoms with van der Waals surface area (Å²) < 4.78 is 24.7. The van der Waals surface area contributed by atoms with Gasteiger partial charge >= 0.3 is 0 Å². The summed E-state index contributed by atoms with van der Waals surface area (Å²) >= 11 is 1.23. The van der Waals surface area contributed by atoms with Crippen molar-refractivity contribution < 1.29 is 18.7 Å². The van der Waals surface area contributed by atoms with Crippen LogP contribution in [0.15, 0.2) is 36.4 Å². The van der Waals surface area contributed by atoms with Crippen LogP contribution >= 0.6 is 11.3 Å². The van der Waals surface area contributed by atoms with E-state index < -0.39 is 11.7 Å². The highest BCUT2D eigenvalue weighted by molar-refractivity contribution is 7.22. The first kappa shape index (κ1) is 16.0. The first-order valence-corrected chi connectivity index (χ1v) is 7.78. The van der Waals surface area contributed by atoms with Gasteiger partial charge < -0.3 is 9.47 Å². The van der Waals surface area contributed by atoms with Crippen LogP contribution in [0, 0.1) is 5.82 Å². The van der Waals surface area contributed by atoms with Crippen molar-refractivity contribution in [1.82, 2.24) is 10.4 Å². The highest BCUT2D eigenvalue weighted by atomic mass is 32.1. The molecule has 0 bridgehead atoms. The molecule has 0 atom stereocenters. The minimum absolute atomic E-state index is 0.262. The van der Waals surface area contributed by atoms with Crippen molar-refractivity contribution in [3.63, 3.8) is 0 Å². The molecule has 124 valence electrons. The molecule has 0 saturated heterocycles. The van der Waals surface area contributed by atoms with Crippen LogP contribution in [0.5, 0.6) is 11.5 Å². The van der Waals surface area contributed by atoms with Crippen LogP contribution in [0.25, 0.3) is 10.2 Å². The van der Waals surface area contributed by atoms with Gasteiger partial charge in [-0.05, 0) is 24.3 Å². The number of fused-ring (bicyclic) bond motifs is 1. The summed E-state index contributed by atoms with van der Waals surface area (Å²) in [6.45, 7) is 0. The van der Waals surface area contributed by atoms with Gasteiger partial charge in [-0.2, -0.15) is 0 Å². The number of para-hydroxylation sites is 2. The van der Waals surface area contributed by atoms with Crippen molar-refractivity contribution >= 4 is 32.6 Å². The molecular weight excluding hydrogens is 333 g/mol. The van der Waals surface area contributed by atoms with Crippen molar-refractivity contribution in [2.75, 3.05) is 19.6 Å². The number of nitrogens with zero attached hydrogens (tertiary/aromatic N) is 1. The van der Waals surface area contributed by atoms with E-state index in [1.165, 1.54) is 31.6 Å². The normalized spacial score (nSPS) is 10.5. The maximum atomic E-state index is 13.6. The number of halogens is 1. The van der Waals surface area contributed by atoms with Gasteiger partial charge in [-0.1, -0.05) is 23.5 Å². The third kappa shape index (κ3) is 2.95. The van der Waals surface area contributed by atoms with E-state index in [0.29, 0.717) is 26.9 Å². The highest BCUT2D eigenvalue weighted by Crippen LogP contribution is 2.31. The van der Waals surface area contributed by atoms with Crippen molar-refractivity contribution in [3.05, 3.63) is 47.8 Å². The third-order valence-electron chi connectivity index (χ3n) is 3.30. The van der Waals surface area contributed by atoms with Gasteiger partial charge in [0.2, 0.25) is 5.13 Å². The van der Waals surface area contributed by atoms with Crippen LogP contribution in [0.4, 0.5) is 9.52 Å². The molecule has 24 heavy (non-hydrogen) atoms. The fraction of sp³-hybridized carbons (Fsp3) is 0.125. The topological polar surface area (TPSA) is 72.5 Å². The molecule has 0 aliphatic carbocycles. The third-order valence-corrected chi connectivity index (χ3v) is 4.24. The van der Waals surface area contributed by atoms with Gasteiger partial charge in [0, 0.05) is 0 Å². The Morgan fingerprint density at radius 1 is 1.17 bits per heavy atom. The molecule has 1 amide bonds. The van der Waals surface area contributed by atoms with E-state index in [1.54, 1.807) is 30.3 Å². The second-order valence-corrected chi connectivity index (χ2v) is 5.76. The number of anilines is 1. The van der Waals surface area contributed by atoms with Gasteiger partial charge in [0.05, 0.1) is 24.5 Å². The second kappa shape index (κ2) is 6.71. The van der Waals surface area contributed by atoms with E-state index in [1.807, 2.05) is 0 Å². The van der Waals surface area contributed by atoms with Gasteiger partial charge in [-0.25, -0.2) is 9.37 Å². The van der Waals surface area contributed by atoms with Crippen LogP contribution in [-0.4, -0.2) is 25.1 Å². The van der Waals surface area contributed by atoms with Gasteiger partial charge in [-0.15, -0.1) is 0 Å². The highest BCUT2D eigenvalue weighted by Gasteiger charge is 2.16. The zero-order chi connectivity index (χ0) is 17.1. The molecule has 6 nitrogen and oxygen atoms in total. The summed E-state index contributed by atoms with van der Waals surface area (Å²) in [6.07, 6.45) is 0. The average molecular weight is 347 g/mol. The molecule has 0 spiro atoms. The lowest BCUT2D eigenvalue weighted by atomic mass is 10.2. The van der Waals surface area contributed by atoms with E-state index in [-0.39, 0.29) is 5.52 Å². The minimum Gasteiger partial charge on any atom is -0.493 e. The molecule has 0 unspecified atom stereocenters. The number of ether oxygens (including phenoxy) is 2. The molecule has 0 saturated carbocycles. The lowest BCUT2D eigenvalue weighted by Gasteiger charge is -2.12. The number of hydrogen-bond acceptors (Lipinski definition) is 6. The predicted molar refractivity (Wildman–Crippen MR) is 90.2 cm³/mol. The molecule has 2 aromatic carbocycles. The monoisotopic (exact) mass is 347 g/mol. The first-order valence-electron chi connectivity index (χ1n) is 6.96. The van der Waals surface area contributed by atoms with Crippen molar-refractivity contribution in [2.45, 2.75) is 0 Å². The SMILES string of the molecule is COc1cccc(C(=O)NNc2nc3c(F)cccc3s2)c1OC. The van der Waals surface area contributed by atoms with E-state index in [2.05, 4.69) is 15.8 Å². The number of amides is 1. The molecule has 3 aromatic rings. The number of hydrogen-bond donors (Lipinski definition) is 2. The quantitative estimate of drug-likeness (QED) is 0.694. The standard InChI is InChI=1S/C16H14FN3O3S/c1-22-11-7-3-5-9(14(11)23-2)15(21)19-20-16-18-13-10(17)6-4-8-12(13)24-16/h3-8H,1-2H3,(H,18,20)(H,19,21). The maximum absolute atomic E-state index is 13.6. The van der Waals surface area contributed by atoms with E-state index >= 15 is 0 Å². The van der Waals surface area contributed by atoms with Gasteiger partial charge in [0.15, 0.2) is 11.5 Å². The number of aromatic nitrogens is 1. The Hall–Kier alpha value is -2.87. The van der Waals surface area contributed by atoms with Crippen LogP contribution in [0.1, 0.15) is 10.4 Å². The van der Waals surface area contributed by atoms with Gasteiger partial charge in [0.1, 0.15) is 11.3 Å². The van der Waals surface area contributed by atoms with Crippen LogP contribution in [-0.2, 0) is 0 Å². The number of carbonyl (C=O) groups is 1. The average Bonchev–Trinajstić information content (AvgIpc) is 3.03. The molecule has 0 aliphatic rings. The van der Waals surface area contributed by atoms with E-state index in [4.69, 9.17) is 9.47 Å². The molecule has 3 rings (SSSR count). The Balaban J connectivity index is 1.79. The summed E-state index contributed by atoms with van der Waals surface area (Å²) in [7, 11) is 2.95. The molecule has 1 heterocycles. The Bertz CT molecular complexity index is 897. The summed E-state index contributed by atoms with van der Waals surface area (Å²) in [6, 6.07) is 9.69. The largest absolute Gasteiger partial charge is 0.493 e. The summed E-state index contributed by atoms with van der Waals surface area (Å²) in [5.41, 5.74) is 5.78. The Morgan fingerprint density at radius 3 is 2.67 bits per heavy atom. The lowest BCUT2D eigenvalue weighted by molar-refractivity contribution is 0.0959. The van der Waals surface area contributed by atoms with E-state index in [0.717, 1.165) is 0 Å². The van der Waals surface area contributed by atoms with Gasteiger partial charge in [0.25, 0.3) is 5.91 Å². The zero-order valence-corrected chi connectivity index (χ0v) is 13.7. The van der Waals surface area contributed by atoms with Crippen molar-refractivity contribution in [2.24, 2.45) is 0 Å². The van der Waals surface area contributed by atoms with Crippen molar-refractivity contribution in [1.29, 1.82) is 0 Å². The van der Waals surface area contributed by atoms with Crippen LogP contribution in [0.2, 0.25) is 0 Å². The van der Waals surface area contributed by atoms with E-state index in [9.17, 15) is 9.18 Å².